The molecule has 38 heavy (non-hydrogen) atoms. The van der Waals surface area contributed by atoms with E-state index in [2.05, 4.69) is 64.1 Å². The van der Waals surface area contributed by atoms with Gasteiger partial charge in [0, 0.05) is 47.9 Å². The Balaban J connectivity index is 1.29. The molecule has 0 unspecified atom stereocenters. The number of hydrogen-bond acceptors (Lipinski definition) is 4. The number of carbonyl (C=O) groups excluding carboxylic acids is 1. The van der Waals surface area contributed by atoms with Crippen molar-refractivity contribution in [2.24, 2.45) is 0 Å². The molecule has 7 nitrogen and oxygen atoms in total. The number of aromatic nitrogens is 1. The number of fused-ring (bicyclic) bond motifs is 1. The molecule has 0 bridgehead atoms. The fourth-order valence-electron chi connectivity index (χ4n) is 5.34. The number of hydrogen-bond donors (Lipinski definition) is 3. The van der Waals surface area contributed by atoms with Crippen LogP contribution in [0, 0.1) is 0 Å². The van der Waals surface area contributed by atoms with Gasteiger partial charge in [-0.2, -0.15) is 0 Å². The predicted molar refractivity (Wildman–Crippen MR) is 150 cm³/mol. The molecule has 4 aromatic rings. The Kier molecular flexibility index (Phi) is 7.86. The highest BCUT2D eigenvalue weighted by Gasteiger charge is 2.30. The Morgan fingerprint density at radius 2 is 1.66 bits per heavy atom. The van der Waals surface area contributed by atoms with E-state index in [9.17, 15) is 9.59 Å². The number of rotatable bonds is 9. The molecule has 0 spiro atoms. The standard InChI is InChI=1S/C31H34N4O3/c1-2-38-26-11-12-29-27(18-26)30(36)28(20-33-29)31(37)34-19-24-9-6-10-25(17-24)22-35(15-13-32-14-16-35)21-23-7-4-3-5-8-23/h3-12,17-18,20,32H,2,13-16,19,21-22H2,1H3,(H-,33,34,36,37)/p+1. The average Bonchev–Trinajstić information content (AvgIpc) is 2.93. The first-order chi connectivity index (χ1) is 18.5. The molecular weight excluding hydrogens is 476 g/mol. The minimum absolute atomic E-state index is 0.0930. The Hall–Kier alpha value is -3.94. The summed E-state index contributed by atoms with van der Waals surface area (Å²) in [7, 11) is 0. The van der Waals surface area contributed by atoms with Crippen LogP contribution < -0.4 is 20.8 Å². The van der Waals surface area contributed by atoms with Gasteiger partial charge in [-0.25, -0.2) is 0 Å². The smallest absolute Gasteiger partial charge is 0.257 e. The second-order valence-corrected chi connectivity index (χ2v) is 10.0. The first-order valence-corrected chi connectivity index (χ1v) is 13.3. The molecule has 1 aliphatic heterocycles. The molecule has 5 rings (SSSR count). The van der Waals surface area contributed by atoms with Crippen LogP contribution in [0.5, 0.6) is 5.75 Å². The second kappa shape index (κ2) is 11.6. The molecular formula is C31H35N4O3+. The molecule has 196 valence electrons. The van der Waals surface area contributed by atoms with Crippen molar-refractivity contribution in [1.82, 2.24) is 15.6 Å². The molecule has 3 N–H and O–H groups in total. The first-order valence-electron chi connectivity index (χ1n) is 13.3. The summed E-state index contributed by atoms with van der Waals surface area (Å²) in [5, 5.41) is 6.87. The summed E-state index contributed by atoms with van der Waals surface area (Å²) in [5.74, 6) is 0.215. The maximum Gasteiger partial charge on any atom is 0.257 e. The van der Waals surface area contributed by atoms with E-state index in [0.29, 0.717) is 29.8 Å². The van der Waals surface area contributed by atoms with E-state index in [1.54, 1.807) is 18.2 Å². The fraction of sp³-hybridized carbons (Fsp3) is 0.290. The van der Waals surface area contributed by atoms with Gasteiger partial charge in [-0.05, 0) is 36.8 Å². The van der Waals surface area contributed by atoms with Gasteiger partial charge in [0.15, 0.2) is 0 Å². The normalized spacial score (nSPS) is 14.8. The van der Waals surface area contributed by atoms with Crippen molar-refractivity contribution in [2.75, 3.05) is 32.8 Å². The summed E-state index contributed by atoms with van der Waals surface area (Å²) < 4.78 is 6.53. The van der Waals surface area contributed by atoms with E-state index >= 15 is 0 Å². The van der Waals surface area contributed by atoms with E-state index in [-0.39, 0.29) is 11.0 Å². The Bertz CT molecular complexity index is 1460. The summed E-state index contributed by atoms with van der Waals surface area (Å²) in [6, 6.07) is 24.4. The summed E-state index contributed by atoms with van der Waals surface area (Å²) in [6.07, 6.45) is 1.48. The molecule has 1 aliphatic rings. The van der Waals surface area contributed by atoms with Gasteiger partial charge in [0.1, 0.15) is 24.4 Å². The maximum absolute atomic E-state index is 13.1. The predicted octanol–water partition coefficient (Wildman–Crippen LogP) is 3.98. The van der Waals surface area contributed by atoms with Crippen molar-refractivity contribution >= 4 is 16.8 Å². The molecule has 0 atom stereocenters. The highest BCUT2D eigenvalue weighted by atomic mass is 16.5. The van der Waals surface area contributed by atoms with E-state index in [1.807, 2.05) is 13.0 Å². The Morgan fingerprint density at radius 3 is 2.45 bits per heavy atom. The van der Waals surface area contributed by atoms with E-state index in [4.69, 9.17) is 4.74 Å². The second-order valence-electron chi connectivity index (χ2n) is 10.0. The first kappa shape index (κ1) is 25.7. The van der Waals surface area contributed by atoms with Crippen LogP contribution >= 0.6 is 0 Å². The summed E-state index contributed by atoms with van der Waals surface area (Å²) in [6.45, 7) is 8.85. The zero-order valence-corrected chi connectivity index (χ0v) is 21.8. The largest absolute Gasteiger partial charge is 0.494 e. The third kappa shape index (κ3) is 5.96. The number of pyridine rings is 1. The average molecular weight is 512 g/mol. The Morgan fingerprint density at radius 1 is 0.921 bits per heavy atom. The summed E-state index contributed by atoms with van der Waals surface area (Å²) >= 11 is 0. The lowest BCUT2D eigenvalue weighted by atomic mass is 10.1. The van der Waals surface area contributed by atoms with Crippen molar-refractivity contribution in [3.63, 3.8) is 0 Å². The number of quaternary nitrogens is 1. The van der Waals surface area contributed by atoms with Crippen LogP contribution in [0.3, 0.4) is 0 Å². The van der Waals surface area contributed by atoms with Gasteiger partial charge in [0.25, 0.3) is 5.91 Å². The van der Waals surface area contributed by atoms with Gasteiger partial charge in [0.2, 0.25) is 5.43 Å². The summed E-state index contributed by atoms with van der Waals surface area (Å²) in [5.41, 5.74) is 4.07. The molecule has 3 aromatic carbocycles. The lowest BCUT2D eigenvalue weighted by Crippen LogP contribution is -2.57. The van der Waals surface area contributed by atoms with Crippen molar-refractivity contribution < 1.29 is 14.0 Å². The number of ether oxygens (including phenoxy) is 1. The molecule has 1 amide bonds. The van der Waals surface area contributed by atoms with Gasteiger partial charge in [-0.15, -0.1) is 0 Å². The molecule has 2 heterocycles. The summed E-state index contributed by atoms with van der Waals surface area (Å²) in [4.78, 5) is 29.1. The molecule has 0 saturated carbocycles. The topological polar surface area (TPSA) is 83.2 Å². The minimum atomic E-state index is -0.393. The van der Waals surface area contributed by atoms with Crippen LogP contribution in [0.25, 0.3) is 10.9 Å². The maximum atomic E-state index is 13.1. The number of nitrogens with one attached hydrogen (secondary N) is 3. The molecule has 1 aromatic heterocycles. The van der Waals surface area contributed by atoms with Crippen molar-refractivity contribution in [2.45, 2.75) is 26.6 Å². The number of carbonyl (C=O) groups is 1. The molecule has 1 saturated heterocycles. The van der Waals surface area contributed by atoms with Crippen molar-refractivity contribution in [3.05, 3.63) is 111 Å². The number of amides is 1. The lowest BCUT2D eigenvalue weighted by molar-refractivity contribution is -0.955. The minimum Gasteiger partial charge on any atom is -0.494 e. The number of H-pyrrole nitrogens is 1. The van der Waals surface area contributed by atoms with Crippen LogP contribution in [0.4, 0.5) is 0 Å². The van der Waals surface area contributed by atoms with E-state index < -0.39 is 5.91 Å². The zero-order chi connectivity index (χ0) is 26.4. The van der Waals surface area contributed by atoms with Gasteiger partial charge in [-0.3, -0.25) is 9.59 Å². The van der Waals surface area contributed by atoms with E-state index in [0.717, 1.165) is 49.3 Å². The van der Waals surface area contributed by atoms with Crippen molar-refractivity contribution in [1.29, 1.82) is 0 Å². The molecule has 0 radical (unpaired) electrons. The van der Waals surface area contributed by atoms with E-state index in [1.165, 1.54) is 17.3 Å². The van der Waals surface area contributed by atoms with Gasteiger partial charge < -0.3 is 24.8 Å². The quantitative estimate of drug-likeness (QED) is 0.297. The van der Waals surface area contributed by atoms with Crippen LogP contribution in [0.2, 0.25) is 0 Å². The number of nitrogens with zero attached hydrogens (tertiary/aromatic N) is 1. The molecule has 7 heteroatoms. The van der Waals surface area contributed by atoms with Gasteiger partial charge in [0.05, 0.1) is 19.7 Å². The lowest BCUT2D eigenvalue weighted by Gasteiger charge is -2.42. The molecule has 0 aliphatic carbocycles. The van der Waals surface area contributed by atoms with Crippen molar-refractivity contribution in [3.8, 4) is 5.75 Å². The fourth-order valence-corrected chi connectivity index (χ4v) is 5.34. The number of benzene rings is 3. The van der Waals surface area contributed by atoms with Crippen LogP contribution in [-0.2, 0) is 19.6 Å². The third-order valence-electron chi connectivity index (χ3n) is 7.26. The third-order valence-corrected chi connectivity index (χ3v) is 7.26. The Labute approximate surface area is 223 Å². The van der Waals surface area contributed by atoms with Crippen LogP contribution in [-0.4, -0.2) is 48.2 Å². The number of aromatic amines is 1. The SMILES string of the molecule is CCOc1ccc2[nH]cc(C(=O)NCc3cccc(C[N+]4(Cc5ccccc5)CCNCC4)c3)c(=O)c2c1. The van der Waals surface area contributed by atoms with Gasteiger partial charge in [-0.1, -0.05) is 48.5 Å². The van der Waals surface area contributed by atoms with Gasteiger partial charge >= 0.3 is 0 Å². The zero-order valence-electron chi connectivity index (χ0n) is 21.8. The van der Waals surface area contributed by atoms with Crippen LogP contribution in [0.1, 0.15) is 34.0 Å². The highest BCUT2D eigenvalue weighted by Crippen LogP contribution is 2.22. The molecule has 1 fully saturated rings. The highest BCUT2D eigenvalue weighted by molar-refractivity contribution is 5.97. The van der Waals surface area contributed by atoms with Crippen LogP contribution in [0.15, 0.2) is 83.8 Å². The monoisotopic (exact) mass is 511 g/mol. The number of piperazine rings is 1.